The number of hydrogen-bond acceptors (Lipinski definition) is 9. The largest absolute Gasteiger partial charge is 0.477 e. The van der Waals surface area contributed by atoms with Gasteiger partial charge in [0.2, 0.25) is 15.9 Å². The van der Waals surface area contributed by atoms with Gasteiger partial charge in [0, 0.05) is 42.8 Å². The summed E-state index contributed by atoms with van der Waals surface area (Å²) in [5.74, 6) is -1.09. The number of benzene rings is 1. The van der Waals surface area contributed by atoms with Crippen LogP contribution in [0.25, 0.3) is 10.4 Å². The zero-order valence-corrected chi connectivity index (χ0v) is 27.2. The Labute approximate surface area is 266 Å². The Hall–Kier alpha value is -4.01. The Kier molecular flexibility index (Phi) is 9.19. The van der Waals surface area contributed by atoms with Crippen LogP contribution in [0.15, 0.2) is 59.6 Å². The molecule has 1 aromatic carbocycles. The van der Waals surface area contributed by atoms with Gasteiger partial charge in [0.05, 0.1) is 12.2 Å². The van der Waals surface area contributed by atoms with Crippen LogP contribution in [0, 0.1) is 0 Å². The number of nitrogens with one attached hydrogen (secondary N) is 1. The number of anilines is 2. The Bertz CT molecular complexity index is 1670. The quantitative estimate of drug-likeness (QED) is 0.377. The smallest absolute Gasteiger partial charge is 0.407 e. The van der Waals surface area contributed by atoms with Crippen LogP contribution in [0.5, 0.6) is 0 Å². The average Bonchev–Trinajstić information content (AvgIpc) is 3.42. The molecule has 5 rings (SSSR count). The summed E-state index contributed by atoms with van der Waals surface area (Å²) in [5, 5.41) is 12.8. The SMILES string of the molecule is C[C@@H]1CN(S(=O)(=O)c2ccc(N3CCC[C@H](NC(=O)OC(C)(C)C)C3)nc2)CC(=O)N1c1cc(-c2ccccc2)sc1C(=O)O. The Morgan fingerprint density at radius 1 is 1.11 bits per heavy atom. The number of aromatic nitrogens is 1. The van der Waals surface area contributed by atoms with Crippen molar-refractivity contribution < 1.29 is 32.6 Å². The second-order valence-electron chi connectivity index (χ2n) is 12.2. The van der Waals surface area contributed by atoms with E-state index in [1.54, 1.807) is 39.8 Å². The highest BCUT2D eigenvalue weighted by molar-refractivity contribution is 7.89. The van der Waals surface area contributed by atoms with E-state index in [2.05, 4.69) is 10.3 Å². The third kappa shape index (κ3) is 7.29. The number of carboxylic acids is 1. The molecule has 2 aromatic heterocycles. The second kappa shape index (κ2) is 12.8. The van der Waals surface area contributed by atoms with Crippen LogP contribution in [-0.4, -0.2) is 84.6 Å². The maximum Gasteiger partial charge on any atom is 0.407 e. The number of carbonyl (C=O) groups is 3. The fraction of sp³-hybridized carbons (Fsp3) is 0.419. The lowest BCUT2D eigenvalue weighted by molar-refractivity contribution is -0.120. The maximum absolute atomic E-state index is 13.6. The van der Waals surface area contributed by atoms with Crippen molar-refractivity contribution in [3.05, 3.63) is 59.6 Å². The number of ether oxygens (including phenoxy) is 1. The second-order valence-corrected chi connectivity index (χ2v) is 15.2. The highest BCUT2D eigenvalue weighted by Gasteiger charge is 2.39. The van der Waals surface area contributed by atoms with Crippen molar-refractivity contribution >= 4 is 50.8 Å². The highest BCUT2D eigenvalue weighted by atomic mass is 32.2. The standard InChI is InChI=1S/C31H37N5O7S2/c1-20-17-35(19-27(37)36(20)24-15-25(44-28(24)29(38)39)21-9-6-5-7-10-21)45(41,42)23-12-13-26(32-16-23)34-14-8-11-22(18-34)33-30(40)43-31(2,3)4/h5-7,9-10,12-13,15-16,20,22H,8,11,14,17-19H2,1-4H3,(H,33,40)(H,38,39)/t20-,22+/m1/s1. The van der Waals surface area contributed by atoms with Crippen LogP contribution >= 0.6 is 11.3 Å². The molecule has 0 bridgehead atoms. The van der Waals surface area contributed by atoms with Gasteiger partial charge in [0.15, 0.2) is 0 Å². The van der Waals surface area contributed by atoms with Crippen molar-refractivity contribution in [2.45, 2.75) is 63.1 Å². The number of carboxylic acid groups (broad SMARTS) is 1. The first-order valence-electron chi connectivity index (χ1n) is 14.7. The van der Waals surface area contributed by atoms with Gasteiger partial charge in [-0.1, -0.05) is 30.3 Å². The third-order valence-corrected chi connectivity index (χ3v) is 10.5. The van der Waals surface area contributed by atoms with E-state index in [0.29, 0.717) is 23.8 Å². The lowest BCUT2D eigenvalue weighted by atomic mass is 10.1. The fourth-order valence-corrected chi connectivity index (χ4v) is 7.98. The third-order valence-electron chi connectivity index (χ3n) is 7.54. The van der Waals surface area contributed by atoms with Gasteiger partial charge in [-0.2, -0.15) is 4.31 Å². The number of alkyl carbamates (subject to hydrolysis) is 1. The van der Waals surface area contributed by atoms with E-state index in [1.165, 1.54) is 17.2 Å². The molecular formula is C31H37N5O7S2. The molecule has 2 saturated heterocycles. The summed E-state index contributed by atoms with van der Waals surface area (Å²) in [4.78, 5) is 46.2. The topological polar surface area (TPSA) is 149 Å². The minimum absolute atomic E-state index is 0.0183. The monoisotopic (exact) mass is 655 g/mol. The lowest BCUT2D eigenvalue weighted by Gasteiger charge is -2.38. The molecule has 0 aliphatic carbocycles. The number of sulfonamides is 1. The Morgan fingerprint density at radius 3 is 2.47 bits per heavy atom. The molecule has 0 unspecified atom stereocenters. The fourth-order valence-electron chi connectivity index (χ4n) is 5.57. The molecule has 14 heteroatoms. The number of piperazine rings is 1. The number of thiophene rings is 1. The van der Waals surface area contributed by atoms with Gasteiger partial charge in [0.25, 0.3) is 0 Å². The molecule has 2 aliphatic rings. The molecule has 3 aromatic rings. The van der Waals surface area contributed by atoms with E-state index in [9.17, 15) is 27.9 Å². The van der Waals surface area contributed by atoms with Gasteiger partial charge >= 0.3 is 12.1 Å². The lowest BCUT2D eigenvalue weighted by Crippen LogP contribution is -2.57. The van der Waals surface area contributed by atoms with Crippen molar-refractivity contribution in [1.82, 2.24) is 14.6 Å². The van der Waals surface area contributed by atoms with E-state index in [1.807, 2.05) is 35.2 Å². The predicted octanol–water partition coefficient (Wildman–Crippen LogP) is 4.43. The van der Waals surface area contributed by atoms with Gasteiger partial charge in [-0.15, -0.1) is 11.3 Å². The number of piperidine rings is 1. The van der Waals surface area contributed by atoms with Gasteiger partial charge in [0.1, 0.15) is 21.2 Å². The van der Waals surface area contributed by atoms with Crippen LogP contribution in [-0.2, 0) is 19.6 Å². The van der Waals surface area contributed by atoms with Crippen LogP contribution in [0.4, 0.5) is 16.3 Å². The van der Waals surface area contributed by atoms with Crippen molar-refractivity contribution in [3.63, 3.8) is 0 Å². The number of hydrogen-bond donors (Lipinski definition) is 2. The number of carbonyl (C=O) groups excluding carboxylic acids is 2. The normalized spacial score (nSPS) is 19.8. The summed E-state index contributed by atoms with van der Waals surface area (Å²) in [5.41, 5.74) is 0.480. The molecule has 2 atom stereocenters. The highest BCUT2D eigenvalue weighted by Crippen LogP contribution is 2.39. The molecule has 0 saturated carbocycles. The summed E-state index contributed by atoms with van der Waals surface area (Å²) in [6.07, 6.45) is 2.40. The average molecular weight is 656 g/mol. The minimum atomic E-state index is -4.07. The Balaban J connectivity index is 1.28. The molecular weight excluding hydrogens is 619 g/mol. The summed E-state index contributed by atoms with van der Waals surface area (Å²) < 4.78 is 33.7. The van der Waals surface area contributed by atoms with E-state index in [0.717, 1.165) is 34.0 Å². The van der Waals surface area contributed by atoms with Gasteiger partial charge < -0.3 is 25.0 Å². The molecule has 2 fully saturated rings. The molecule has 2 aliphatic heterocycles. The first kappa shape index (κ1) is 32.4. The molecule has 45 heavy (non-hydrogen) atoms. The zero-order chi connectivity index (χ0) is 32.5. The Morgan fingerprint density at radius 2 is 1.84 bits per heavy atom. The first-order chi connectivity index (χ1) is 21.2. The van der Waals surface area contributed by atoms with E-state index < -0.39 is 46.2 Å². The number of aromatic carboxylic acids is 1. The van der Waals surface area contributed by atoms with Crippen molar-refractivity contribution in [2.75, 3.05) is 36.0 Å². The zero-order valence-electron chi connectivity index (χ0n) is 25.6. The van der Waals surface area contributed by atoms with E-state index >= 15 is 0 Å². The molecule has 0 spiro atoms. The molecule has 2 N–H and O–H groups in total. The van der Waals surface area contributed by atoms with Gasteiger partial charge in [-0.25, -0.2) is 23.0 Å². The van der Waals surface area contributed by atoms with E-state index in [-0.39, 0.29) is 28.0 Å². The number of nitrogens with zero attached hydrogens (tertiary/aromatic N) is 4. The van der Waals surface area contributed by atoms with Crippen LogP contribution in [0.1, 0.15) is 50.2 Å². The number of rotatable bonds is 7. The minimum Gasteiger partial charge on any atom is -0.477 e. The number of pyridine rings is 1. The summed E-state index contributed by atoms with van der Waals surface area (Å²) in [6, 6.07) is 13.3. The van der Waals surface area contributed by atoms with Crippen molar-refractivity contribution in [2.24, 2.45) is 0 Å². The van der Waals surface area contributed by atoms with E-state index in [4.69, 9.17) is 4.74 Å². The van der Waals surface area contributed by atoms with Gasteiger partial charge in [-0.05, 0) is 64.3 Å². The molecule has 0 radical (unpaired) electrons. The molecule has 240 valence electrons. The summed E-state index contributed by atoms with van der Waals surface area (Å²) in [7, 11) is -4.07. The van der Waals surface area contributed by atoms with Crippen molar-refractivity contribution in [3.8, 4) is 10.4 Å². The van der Waals surface area contributed by atoms with Crippen molar-refractivity contribution in [1.29, 1.82) is 0 Å². The van der Waals surface area contributed by atoms with Crippen LogP contribution in [0.3, 0.4) is 0 Å². The number of amides is 2. The molecule has 2 amide bonds. The van der Waals surface area contributed by atoms with Crippen LogP contribution < -0.4 is 15.1 Å². The first-order valence-corrected chi connectivity index (χ1v) is 16.9. The summed E-state index contributed by atoms with van der Waals surface area (Å²) in [6.45, 7) is 7.85. The molecule has 12 nitrogen and oxygen atoms in total. The molecule has 4 heterocycles. The predicted molar refractivity (Wildman–Crippen MR) is 171 cm³/mol. The van der Waals surface area contributed by atoms with Crippen LogP contribution in [0.2, 0.25) is 0 Å². The summed E-state index contributed by atoms with van der Waals surface area (Å²) >= 11 is 1.08. The van der Waals surface area contributed by atoms with Gasteiger partial charge in [-0.3, -0.25) is 4.79 Å². The maximum atomic E-state index is 13.6.